The van der Waals surface area contributed by atoms with E-state index in [1.54, 1.807) is 13.0 Å². The molecule has 0 spiro atoms. The van der Waals surface area contributed by atoms with E-state index in [9.17, 15) is 10.4 Å². The van der Waals surface area contributed by atoms with Crippen LogP contribution < -0.4 is 0 Å². The van der Waals surface area contributed by atoms with Crippen LogP contribution in [0.4, 0.5) is 0 Å². The summed E-state index contributed by atoms with van der Waals surface area (Å²) in [5, 5.41) is 21.6. The maximum absolute atomic E-state index is 11.2. The van der Waals surface area contributed by atoms with Crippen LogP contribution in [0.3, 0.4) is 0 Å². The van der Waals surface area contributed by atoms with E-state index in [0.29, 0.717) is 10.6 Å². The first kappa shape index (κ1) is 16.8. The van der Waals surface area contributed by atoms with E-state index in [-0.39, 0.29) is 0 Å². The Morgan fingerprint density at radius 1 is 1.24 bits per heavy atom. The van der Waals surface area contributed by atoms with Crippen LogP contribution in [0.2, 0.25) is 5.02 Å². The lowest BCUT2D eigenvalue weighted by Crippen LogP contribution is -2.43. The zero-order chi connectivity index (χ0) is 15.5. The third-order valence-corrected chi connectivity index (χ3v) is 5.61. The molecule has 2 nitrogen and oxygen atoms in total. The molecule has 1 aliphatic rings. The molecule has 0 saturated heterocycles. The fraction of sp³-hybridized carbons (Fsp3) is 0.588. The average molecular weight is 371 g/mol. The Hall–Kier alpha value is -0.560. The van der Waals surface area contributed by atoms with Crippen molar-refractivity contribution >= 4 is 27.5 Å². The fourth-order valence-electron chi connectivity index (χ4n) is 3.36. The molecule has 2 rings (SSSR count). The Kier molecular flexibility index (Phi) is 5.35. The molecule has 1 N–H and O–H groups in total. The van der Waals surface area contributed by atoms with Gasteiger partial charge in [-0.15, -0.1) is 0 Å². The first-order valence-electron chi connectivity index (χ1n) is 7.52. The number of aliphatic hydroxyl groups is 1. The quantitative estimate of drug-likeness (QED) is 0.740. The van der Waals surface area contributed by atoms with Gasteiger partial charge in [-0.3, -0.25) is 0 Å². The highest BCUT2D eigenvalue weighted by molar-refractivity contribution is 9.10. The standard InChI is InChI=1S/C17H21BrClNO/c1-16(21,14-8-7-13(18)11-15(14)19)17(12-20)9-5-3-2-4-6-10-17/h7-8,11,21H,2-6,9-10H2,1H3. The SMILES string of the molecule is CC(O)(c1ccc(Br)cc1Cl)C1(C#N)CCCCCCC1. The summed E-state index contributed by atoms with van der Waals surface area (Å²) in [6.07, 6.45) is 6.91. The number of rotatable bonds is 2. The van der Waals surface area contributed by atoms with Gasteiger partial charge in [-0.05, 0) is 31.9 Å². The number of halogens is 2. The van der Waals surface area contributed by atoms with Gasteiger partial charge in [0.2, 0.25) is 0 Å². The highest BCUT2D eigenvalue weighted by Crippen LogP contribution is 2.49. The van der Waals surface area contributed by atoms with E-state index in [1.165, 1.54) is 6.42 Å². The number of hydrogen-bond acceptors (Lipinski definition) is 2. The molecule has 4 heteroatoms. The van der Waals surface area contributed by atoms with Crippen LogP contribution in [0.5, 0.6) is 0 Å². The number of nitriles is 1. The summed E-state index contributed by atoms with van der Waals surface area (Å²) in [4.78, 5) is 0. The lowest BCUT2D eigenvalue weighted by Gasteiger charge is -2.42. The van der Waals surface area contributed by atoms with Crippen molar-refractivity contribution in [2.75, 3.05) is 0 Å². The van der Waals surface area contributed by atoms with Gasteiger partial charge in [0, 0.05) is 15.1 Å². The molecular formula is C17H21BrClNO. The summed E-state index contributed by atoms with van der Waals surface area (Å²) in [6.45, 7) is 1.74. The molecule has 0 radical (unpaired) electrons. The third-order valence-electron chi connectivity index (χ3n) is 4.81. The van der Waals surface area contributed by atoms with E-state index in [0.717, 1.165) is 43.0 Å². The predicted molar refractivity (Wildman–Crippen MR) is 89.1 cm³/mol. The smallest absolute Gasteiger partial charge is 0.107 e. The van der Waals surface area contributed by atoms with Crippen molar-refractivity contribution in [1.29, 1.82) is 5.26 Å². The summed E-state index contributed by atoms with van der Waals surface area (Å²) >= 11 is 9.71. The summed E-state index contributed by atoms with van der Waals surface area (Å²) < 4.78 is 0.871. The van der Waals surface area contributed by atoms with Crippen LogP contribution in [0.1, 0.15) is 57.4 Å². The van der Waals surface area contributed by atoms with E-state index >= 15 is 0 Å². The van der Waals surface area contributed by atoms with Gasteiger partial charge in [0.15, 0.2) is 0 Å². The van der Waals surface area contributed by atoms with Gasteiger partial charge in [-0.1, -0.05) is 65.7 Å². The Morgan fingerprint density at radius 2 is 1.81 bits per heavy atom. The summed E-state index contributed by atoms with van der Waals surface area (Å²) in [7, 11) is 0. The zero-order valence-electron chi connectivity index (χ0n) is 12.3. The van der Waals surface area contributed by atoms with Crippen molar-refractivity contribution in [2.45, 2.75) is 57.5 Å². The maximum Gasteiger partial charge on any atom is 0.107 e. The van der Waals surface area contributed by atoms with Crippen molar-refractivity contribution < 1.29 is 5.11 Å². The molecule has 0 heterocycles. The Labute approximate surface area is 140 Å². The van der Waals surface area contributed by atoms with E-state index in [1.807, 2.05) is 12.1 Å². The predicted octanol–water partition coefficient (Wildman–Crippen LogP) is 5.56. The minimum atomic E-state index is -1.24. The van der Waals surface area contributed by atoms with Gasteiger partial charge in [0.1, 0.15) is 5.60 Å². The molecule has 1 unspecified atom stereocenters. The second kappa shape index (κ2) is 6.69. The summed E-state index contributed by atoms with van der Waals surface area (Å²) in [5.41, 5.74) is -1.35. The molecule has 0 aliphatic heterocycles. The molecule has 0 bridgehead atoms. The molecule has 1 aliphatic carbocycles. The molecule has 114 valence electrons. The molecule has 0 aromatic heterocycles. The fourth-order valence-corrected chi connectivity index (χ4v) is 4.22. The first-order valence-corrected chi connectivity index (χ1v) is 8.69. The van der Waals surface area contributed by atoms with Gasteiger partial charge in [0.05, 0.1) is 11.5 Å². The minimum absolute atomic E-state index is 0.506. The molecule has 21 heavy (non-hydrogen) atoms. The zero-order valence-corrected chi connectivity index (χ0v) is 14.7. The third kappa shape index (κ3) is 3.28. The highest BCUT2D eigenvalue weighted by Gasteiger charge is 2.49. The van der Waals surface area contributed by atoms with Crippen LogP contribution in [0.25, 0.3) is 0 Å². The summed E-state index contributed by atoms with van der Waals surface area (Å²) in [5.74, 6) is 0. The van der Waals surface area contributed by atoms with Crippen LogP contribution >= 0.6 is 27.5 Å². The molecule has 0 amide bonds. The Bertz CT molecular complexity index is 542. The van der Waals surface area contributed by atoms with Crippen LogP contribution in [0.15, 0.2) is 22.7 Å². The molecule has 1 aromatic rings. The lowest BCUT2D eigenvalue weighted by molar-refractivity contribution is -0.0581. The second-order valence-corrected chi connectivity index (χ2v) is 7.48. The van der Waals surface area contributed by atoms with Crippen molar-refractivity contribution in [1.82, 2.24) is 0 Å². The van der Waals surface area contributed by atoms with Crippen LogP contribution in [-0.2, 0) is 5.60 Å². The van der Waals surface area contributed by atoms with Crippen LogP contribution in [0, 0.1) is 16.7 Å². The van der Waals surface area contributed by atoms with Gasteiger partial charge >= 0.3 is 0 Å². The average Bonchev–Trinajstić information content (AvgIpc) is 2.38. The van der Waals surface area contributed by atoms with Crippen molar-refractivity contribution in [2.24, 2.45) is 5.41 Å². The number of hydrogen-bond donors (Lipinski definition) is 1. The van der Waals surface area contributed by atoms with Gasteiger partial charge in [-0.25, -0.2) is 0 Å². The molecule has 1 fully saturated rings. The van der Waals surface area contributed by atoms with Crippen molar-refractivity contribution in [3.05, 3.63) is 33.3 Å². The van der Waals surface area contributed by atoms with Crippen LogP contribution in [-0.4, -0.2) is 5.11 Å². The molecule has 1 aromatic carbocycles. The topological polar surface area (TPSA) is 44.0 Å². The van der Waals surface area contributed by atoms with E-state index in [4.69, 9.17) is 11.6 Å². The first-order chi connectivity index (χ1) is 9.93. The van der Waals surface area contributed by atoms with E-state index in [2.05, 4.69) is 22.0 Å². The van der Waals surface area contributed by atoms with E-state index < -0.39 is 11.0 Å². The molecule has 1 atom stereocenters. The van der Waals surface area contributed by atoms with Gasteiger partial charge in [0.25, 0.3) is 0 Å². The number of nitrogens with zero attached hydrogens (tertiary/aromatic N) is 1. The normalized spacial score (nSPS) is 21.7. The monoisotopic (exact) mass is 369 g/mol. The van der Waals surface area contributed by atoms with Gasteiger partial charge in [-0.2, -0.15) is 5.26 Å². The van der Waals surface area contributed by atoms with Gasteiger partial charge < -0.3 is 5.11 Å². The lowest BCUT2D eigenvalue weighted by atomic mass is 9.64. The second-order valence-electron chi connectivity index (χ2n) is 6.16. The molecular weight excluding hydrogens is 350 g/mol. The highest BCUT2D eigenvalue weighted by atomic mass is 79.9. The van der Waals surface area contributed by atoms with Crippen molar-refractivity contribution in [3.8, 4) is 6.07 Å². The maximum atomic E-state index is 11.2. The summed E-state index contributed by atoms with van der Waals surface area (Å²) in [6, 6.07) is 7.91. The largest absolute Gasteiger partial charge is 0.384 e. The molecule has 1 saturated carbocycles. The van der Waals surface area contributed by atoms with Crippen molar-refractivity contribution in [3.63, 3.8) is 0 Å². The minimum Gasteiger partial charge on any atom is -0.384 e. The Morgan fingerprint density at radius 3 is 2.33 bits per heavy atom. The number of benzene rings is 1. The Balaban J connectivity index is 2.44.